The predicted octanol–water partition coefficient (Wildman–Crippen LogP) is 1.80. The number of carboxylic acids is 1. The summed E-state index contributed by atoms with van der Waals surface area (Å²) in [7, 11) is 0. The van der Waals surface area contributed by atoms with Gasteiger partial charge in [0.1, 0.15) is 11.6 Å². The van der Waals surface area contributed by atoms with Crippen LogP contribution in [0.4, 0.5) is 0 Å². The second kappa shape index (κ2) is 6.36. The van der Waals surface area contributed by atoms with Crippen molar-refractivity contribution in [2.45, 2.75) is 31.8 Å². The summed E-state index contributed by atoms with van der Waals surface area (Å²) >= 11 is 1.69. The van der Waals surface area contributed by atoms with Gasteiger partial charge in [-0.3, -0.25) is 14.4 Å². The zero-order valence-electron chi connectivity index (χ0n) is 11.7. The van der Waals surface area contributed by atoms with Crippen LogP contribution in [0.25, 0.3) is 0 Å². The van der Waals surface area contributed by atoms with Gasteiger partial charge in [0.15, 0.2) is 0 Å². The molecule has 0 unspecified atom stereocenters. The van der Waals surface area contributed by atoms with Crippen molar-refractivity contribution in [3.63, 3.8) is 0 Å². The molecule has 0 bridgehead atoms. The second-order valence-electron chi connectivity index (χ2n) is 5.33. The third-order valence-corrected chi connectivity index (χ3v) is 4.49. The van der Waals surface area contributed by atoms with Gasteiger partial charge in [-0.25, -0.2) is 4.98 Å². The molecule has 6 nitrogen and oxygen atoms in total. The minimum Gasteiger partial charge on any atom is -0.480 e. The summed E-state index contributed by atoms with van der Waals surface area (Å²) in [6.07, 6.45) is 5.85. The third-order valence-electron chi connectivity index (χ3n) is 3.72. The van der Waals surface area contributed by atoms with Gasteiger partial charge in [0, 0.05) is 30.2 Å². The van der Waals surface area contributed by atoms with Crippen LogP contribution >= 0.6 is 11.3 Å². The van der Waals surface area contributed by atoms with Gasteiger partial charge < -0.3 is 5.11 Å². The molecule has 1 N–H and O–H groups in total. The number of thiazole rings is 1. The zero-order valence-corrected chi connectivity index (χ0v) is 12.5. The van der Waals surface area contributed by atoms with E-state index >= 15 is 0 Å². The summed E-state index contributed by atoms with van der Waals surface area (Å²) in [6.45, 7) is 2.87. The summed E-state index contributed by atoms with van der Waals surface area (Å²) in [6, 6.07) is 1.94. The second-order valence-corrected chi connectivity index (χ2v) is 6.31. The molecule has 1 aliphatic heterocycles. The van der Waals surface area contributed by atoms with Crippen molar-refractivity contribution >= 4 is 17.3 Å². The maximum absolute atomic E-state index is 10.7. The van der Waals surface area contributed by atoms with Gasteiger partial charge in [-0.15, -0.1) is 11.3 Å². The molecule has 1 aliphatic rings. The Labute approximate surface area is 127 Å². The molecule has 1 atom stereocenters. The highest BCUT2D eigenvalue weighted by Crippen LogP contribution is 2.26. The van der Waals surface area contributed by atoms with E-state index in [2.05, 4.69) is 15.0 Å². The van der Waals surface area contributed by atoms with E-state index in [4.69, 9.17) is 5.11 Å². The SMILES string of the molecule is O=C(O)Cn1ccc([C@H]2CCCN(Cc3nccs3)C2)n1. The van der Waals surface area contributed by atoms with Crippen LogP contribution in [-0.2, 0) is 17.9 Å². The summed E-state index contributed by atoms with van der Waals surface area (Å²) < 4.78 is 1.50. The Morgan fingerprint density at radius 2 is 2.43 bits per heavy atom. The number of aromatic nitrogens is 3. The molecule has 2 aromatic rings. The first-order valence-electron chi connectivity index (χ1n) is 7.06. The van der Waals surface area contributed by atoms with Gasteiger partial charge >= 0.3 is 5.97 Å². The number of carbonyl (C=O) groups is 1. The van der Waals surface area contributed by atoms with E-state index in [1.165, 1.54) is 4.68 Å². The molecule has 1 fully saturated rings. The van der Waals surface area contributed by atoms with Crippen LogP contribution in [0, 0.1) is 0 Å². The molecule has 3 heterocycles. The molecule has 0 radical (unpaired) electrons. The summed E-state index contributed by atoms with van der Waals surface area (Å²) in [5.41, 5.74) is 1.00. The fraction of sp³-hybridized carbons (Fsp3) is 0.500. The molecule has 2 aromatic heterocycles. The molecule has 112 valence electrons. The van der Waals surface area contributed by atoms with Gasteiger partial charge in [0.05, 0.1) is 12.2 Å². The molecule has 21 heavy (non-hydrogen) atoms. The van der Waals surface area contributed by atoms with E-state index in [-0.39, 0.29) is 6.54 Å². The van der Waals surface area contributed by atoms with Crippen molar-refractivity contribution < 1.29 is 9.90 Å². The topological polar surface area (TPSA) is 71.2 Å². The van der Waals surface area contributed by atoms with Crippen LogP contribution in [-0.4, -0.2) is 43.8 Å². The van der Waals surface area contributed by atoms with Crippen molar-refractivity contribution in [2.24, 2.45) is 0 Å². The Kier molecular flexibility index (Phi) is 4.31. The fourth-order valence-corrected chi connectivity index (χ4v) is 3.44. The van der Waals surface area contributed by atoms with Crippen LogP contribution in [0.5, 0.6) is 0 Å². The van der Waals surface area contributed by atoms with Crippen molar-refractivity contribution in [3.05, 3.63) is 34.5 Å². The van der Waals surface area contributed by atoms with Crippen LogP contribution in [0.2, 0.25) is 0 Å². The Morgan fingerprint density at radius 1 is 1.52 bits per heavy atom. The quantitative estimate of drug-likeness (QED) is 0.912. The molecule has 0 saturated carbocycles. The monoisotopic (exact) mass is 306 g/mol. The number of hydrogen-bond acceptors (Lipinski definition) is 5. The highest BCUT2D eigenvalue weighted by Gasteiger charge is 2.23. The molecule has 3 rings (SSSR count). The lowest BCUT2D eigenvalue weighted by Crippen LogP contribution is -2.34. The summed E-state index contributed by atoms with van der Waals surface area (Å²) in [5, 5.41) is 16.3. The first kappa shape index (κ1) is 14.2. The van der Waals surface area contributed by atoms with Crippen molar-refractivity contribution in [3.8, 4) is 0 Å². The van der Waals surface area contributed by atoms with Crippen LogP contribution in [0.15, 0.2) is 23.8 Å². The smallest absolute Gasteiger partial charge is 0.325 e. The van der Waals surface area contributed by atoms with E-state index < -0.39 is 5.97 Å². The van der Waals surface area contributed by atoms with Gasteiger partial charge in [0.25, 0.3) is 0 Å². The molecule has 0 amide bonds. The Bertz CT molecular complexity index is 596. The highest BCUT2D eigenvalue weighted by atomic mass is 32.1. The number of rotatable bonds is 5. The van der Waals surface area contributed by atoms with Gasteiger partial charge in [-0.1, -0.05) is 0 Å². The minimum atomic E-state index is -0.862. The minimum absolute atomic E-state index is 0.0739. The Hall–Kier alpha value is -1.73. The number of aliphatic carboxylic acids is 1. The lowest BCUT2D eigenvalue weighted by atomic mass is 9.95. The number of hydrogen-bond donors (Lipinski definition) is 1. The third kappa shape index (κ3) is 3.68. The maximum atomic E-state index is 10.7. The average molecular weight is 306 g/mol. The van der Waals surface area contributed by atoms with E-state index in [0.29, 0.717) is 5.92 Å². The Morgan fingerprint density at radius 3 is 3.19 bits per heavy atom. The maximum Gasteiger partial charge on any atom is 0.325 e. The molecular weight excluding hydrogens is 288 g/mol. The Balaban J connectivity index is 1.62. The largest absolute Gasteiger partial charge is 0.480 e. The number of carboxylic acid groups (broad SMARTS) is 1. The van der Waals surface area contributed by atoms with Gasteiger partial charge in [0.2, 0.25) is 0 Å². The average Bonchev–Trinajstić information content (AvgIpc) is 3.10. The van der Waals surface area contributed by atoms with Crippen molar-refractivity contribution in [2.75, 3.05) is 13.1 Å². The standard InChI is InChI=1S/C14H18N4O2S/c19-14(20)10-18-6-3-12(16-18)11-2-1-5-17(8-11)9-13-15-4-7-21-13/h3-4,6-7,11H,1-2,5,8-10H2,(H,19,20)/t11-/m0/s1. The number of piperidine rings is 1. The van der Waals surface area contributed by atoms with Crippen LogP contribution in [0.3, 0.4) is 0 Å². The highest BCUT2D eigenvalue weighted by molar-refractivity contribution is 7.09. The van der Waals surface area contributed by atoms with Gasteiger partial charge in [-0.05, 0) is 25.5 Å². The molecule has 0 aromatic carbocycles. The summed E-state index contributed by atoms with van der Waals surface area (Å²) in [4.78, 5) is 17.5. The molecule has 1 saturated heterocycles. The van der Waals surface area contributed by atoms with E-state index in [9.17, 15) is 4.79 Å². The fourth-order valence-electron chi connectivity index (χ4n) is 2.78. The first-order chi connectivity index (χ1) is 10.2. The lowest BCUT2D eigenvalue weighted by Gasteiger charge is -2.31. The van der Waals surface area contributed by atoms with E-state index in [0.717, 1.165) is 43.2 Å². The summed E-state index contributed by atoms with van der Waals surface area (Å²) in [5.74, 6) is -0.479. The van der Waals surface area contributed by atoms with E-state index in [1.807, 2.05) is 17.6 Å². The first-order valence-corrected chi connectivity index (χ1v) is 7.94. The molecule has 0 spiro atoms. The number of likely N-dealkylation sites (tertiary alicyclic amines) is 1. The normalized spacial score (nSPS) is 19.7. The van der Waals surface area contributed by atoms with E-state index in [1.54, 1.807) is 17.5 Å². The lowest BCUT2D eigenvalue weighted by molar-refractivity contribution is -0.137. The van der Waals surface area contributed by atoms with Crippen molar-refractivity contribution in [1.82, 2.24) is 19.7 Å². The molecular formula is C14H18N4O2S. The zero-order chi connectivity index (χ0) is 14.7. The molecule has 7 heteroatoms. The van der Waals surface area contributed by atoms with Crippen LogP contribution in [0.1, 0.15) is 29.5 Å². The van der Waals surface area contributed by atoms with Crippen LogP contribution < -0.4 is 0 Å². The molecule has 0 aliphatic carbocycles. The van der Waals surface area contributed by atoms with Gasteiger partial charge in [-0.2, -0.15) is 5.10 Å². The number of nitrogens with zero attached hydrogens (tertiary/aromatic N) is 4. The van der Waals surface area contributed by atoms with Crippen molar-refractivity contribution in [1.29, 1.82) is 0 Å². The predicted molar refractivity (Wildman–Crippen MR) is 79.2 cm³/mol.